The van der Waals surface area contributed by atoms with Gasteiger partial charge in [0.1, 0.15) is 0 Å². The minimum absolute atomic E-state index is 0.0828. The molecule has 1 atom stereocenters. The number of nitrogens with zero attached hydrogens (tertiary/aromatic N) is 5. The monoisotopic (exact) mass is 742 g/mol. The molecule has 7 rings (SSSR count). The third-order valence-electron chi connectivity index (χ3n) is 10.7. The number of ether oxygens (including phenoxy) is 3. The van der Waals surface area contributed by atoms with Gasteiger partial charge in [-0.1, -0.05) is 47.5 Å². The second kappa shape index (κ2) is 15.6. The summed E-state index contributed by atoms with van der Waals surface area (Å²) in [6.07, 6.45) is 5.52. The molecule has 10 nitrogen and oxygen atoms in total. The molecule has 1 N–H and O–H groups in total. The summed E-state index contributed by atoms with van der Waals surface area (Å²) in [7, 11) is 4.65. The summed E-state index contributed by atoms with van der Waals surface area (Å²) in [6, 6.07) is 23.9. The number of methoxy groups -OCH3 is 3. The van der Waals surface area contributed by atoms with Gasteiger partial charge in [-0.2, -0.15) is 0 Å². The van der Waals surface area contributed by atoms with E-state index in [9.17, 15) is 4.79 Å². The average molecular weight is 744 g/mol. The molecule has 0 radical (unpaired) electrons. The largest absolute Gasteiger partial charge is 0.493 e. The highest BCUT2D eigenvalue weighted by molar-refractivity contribution is 6.42. The van der Waals surface area contributed by atoms with Crippen molar-refractivity contribution in [2.75, 3.05) is 59.0 Å². The number of piperidine rings is 1. The number of carbonyl (C=O) groups excluding carboxylic acids is 1. The highest BCUT2D eigenvalue weighted by Gasteiger charge is 2.42. The number of rotatable bonds is 12. The number of H-pyrrole nitrogens is 1. The van der Waals surface area contributed by atoms with Gasteiger partial charge >= 0.3 is 0 Å². The standard InChI is InChI=1S/C40H44Cl2N6O4/c1-50-35-22-27(23-36(51-2)37(35)52-3)38(49)47-21-16-40(26-47,28-11-12-31(41)32(42)24-28)15-20-46-18-13-30(14-19-46)48(25-29-8-6-7-17-43-29)39-44-33-9-4-5-10-34(33)45-39/h4-12,17,22-24,30H,13-16,18-21,25-26H2,1-3H3,(H,44,45). The number of hydrogen-bond acceptors (Lipinski definition) is 8. The molecule has 5 aromatic rings. The molecule has 1 amide bonds. The van der Waals surface area contributed by atoms with Crippen LogP contribution in [0.3, 0.4) is 0 Å². The van der Waals surface area contributed by atoms with Crippen LogP contribution in [0.4, 0.5) is 5.95 Å². The average Bonchev–Trinajstić information content (AvgIpc) is 3.83. The third kappa shape index (κ3) is 7.38. The molecule has 0 saturated carbocycles. The number of amides is 1. The molecule has 12 heteroatoms. The summed E-state index contributed by atoms with van der Waals surface area (Å²) >= 11 is 13.0. The molecule has 0 bridgehead atoms. The molecule has 2 aromatic heterocycles. The van der Waals surface area contributed by atoms with Crippen LogP contribution < -0.4 is 19.1 Å². The molecule has 2 fully saturated rings. The van der Waals surface area contributed by atoms with E-state index in [1.165, 1.54) is 0 Å². The number of anilines is 1. The Labute approximate surface area is 314 Å². The predicted molar refractivity (Wildman–Crippen MR) is 205 cm³/mol. The Morgan fingerprint density at radius 2 is 1.67 bits per heavy atom. The maximum absolute atomic E-state index is 14.0. The minimum Gasteiger partial charge on any atom is -0.493 e. The number of aromatic nitrogens is 3. The molecule has 3 aromatic carbocycles. The Morgan fingerprint density at radius 3 is 2.35 bits per heavy atom. The van der Waals surface area contributed by atoms with Crippen molar-refractivity contribution in [2.24, 2.45) is 0 Å². The number of aromatic amines is 1. The van der Waals surface area contributed by atoms with Crippen molar-refractivity contribution in [3.8, 4) is 17.2 Å². The van der Waals surface area contributed by atoms with Gasteiger partial charge in [-0.3, -0.25) is 9.78 Å². The fourth-order valence-electron chi connectivity index (χ4n) is 7.79. The van der Waals surface area contributed by atoms with Crippen molar-refractivity contribution < 1.29 is 19.0 Å². The lowest BCUT2D eigenvalue weighted by molar-refractivity contribution is 0.0779. The van der Waals surface area contributed by atoms with Gasteiger partial charge in [0.25, 0.3) is 5.91 Å². The molecule has 2 saturated heterocycles. The fourth-order valence-corrected chi connectivity index (χ4v) is 8.09. The summed E-state index contributed by atoms with van der Waals surface area (Å²) in [5.74, 6) is 2.14. The van der Waals surface area contributed by atoms with Crippen molar-refractivity contribution in [1.29, 1.82) is 0 Å². The van der Waals surface area contributed by atoms with Crippen molar-refractivity contribution >= 4 is 46.1 Å². The van der Waals surface area contributed by atoms with Crippen molar-refractivity contribution in [3.05, 3.63) is 106 Å². The number of benzene rings is 3. The number of halogens is 2. The van der Waals surface area contributed by atoms with Gasteiger partial charge in [-0.25, -0.2) is 4.98 Å². The molecule has 0 aliphatic carbocycles. The minimum atomic E-state index is -0.291. The summed E-state index contributed by atoms with van der Waals surface area (Å²) in [6.45, 7) is 4.65. The van der Waals surface area contributed by atoms with Gasteiger partial charge in [0.15, 0.2) is 11.5 Å². The lowest BCUT2D eigenvalue weighted by Crippen LogP contribution is -2.46. The third-order valence-corrected chi connectivity index (χ3v) is 11.4. The Morgan fingerprint density at radius 1 is 0.923 bits per heavy atom. The molecule has 1 unspecified atom stereocenters. The lowest BCUT2D eigenvalue weighted by atomic mass is 9.76. The first-order valence-electron chi connectivity index (χ1n) is 17.7. The van der Waals surface area contributed by atoms with Crippen LogP contribution >= 0.6 is 23.2 Å². The summed E-state index contributed by atoms with van der Waals surface area (Å²) in [5.41, 5.74) is 4.30. The summed E-state index contributed by atoms with van der Waals surface area (Å²) in [4.78, 5) is 34.1. The van der Waals surface area contributed by atoms with Gasteiger partial charge in [0, 0.05) is 49.4 Å². The van der Waals surface area contributed by atoms with Crippen LogP contribution in [0.1, 0.15) is 47.3 Å². The van der Waals surface area contributed by atoms with E-state index in [1.54, 1.807) is 33.5 Å². The van der Waals surface area contributed by atoms with Crippen molar-refractivity contribution in [3.63, 3.8) is 0 Å². The topological polar surface area (TPSA) is 96.1 Å². The van der Waals surface area contributed by atoms with E-state index in [-0.39, 0.29) is 11.3 Å². The Balaban J connectivity index is 1.07. The van der Waals surface area contributed by atoms with Gasteiger partial charge < -0.3 is 33.9 Å². The van der Waals surface area contributed by atoms with E-state index in [0.717, 1.165) is 73.6 Å². The van der Waals surface area contributed by atoms with Gasteiger partial charge in [0.05, 0.1) is 54.6 Å². The predicted octanol–water partition coefficient (Wildman–Crippen LogP) is 7.64. The maximum atomic E-state index is 14.0. The summed E-state index contributed by atoms with van der Waals surface area (Å²) < 4.78 is 16.6. The summed E-state index contributed by atoms with van der Waals surface area (Å²) in [5, 5.41) is 1.04. The van der Waals surface area contributed by atoms with E-state index in [2.05, 4.69) is 38.0 Å². The number of fused-ring (bicyclic) bond motifs is 1. The zero-order valence-corrected chi connectivity index (χ0v) is 31.3. The smallest absolute Gasteiger partial charge is 0.254 e. The fraction of sp³-hybridized carbons (Fsp3) is 0.375. The molecule has 4 heterocycles. The van der Waals surface area contributed by atoms with E-state index >= 15 is 0 Å². The first kappa shape index (κ1) is 35.9. The van der Waals surface area contributed by atoms with Gasteiger partial charge in [-0.05, 0) is 86.3 Å². The van der Waals surface area contributed by atoms with E-state index < -0.39 is 0 Å². The highest BCUT2D eigenvalue weighted by atomic mass is 35.5. The van der Waals surface area contributed by atoms with Crippen molar-refractivity contribution in [1.82, 2.24) is 24.8 Å². The Hall–Kier alpha value is -4.51. The number of pyridine rings is 1. The zero-order chi connectivity index (χ0) is 36.2. The van der Waals surface area contributed by atoms with E-state index in [1.807, 2.05) is 53.6 Å². The SMILES string of the molecule is COc1cc(C(=O)N2CCC(CCN3CCC(N(Cc4ccccn4)c4nc5ccccc5[nH]4)CC3)(c3ccc(Cl)c(Cl)c3)C2)cc(OC)c1OC. The van der Waals surface area contributed by atoms with Crippen LogP contribution in [-0.4, -0.2) is 90.8 Å². The number of nitrogens with one attached hydrogen (secondary N) is 1. The van der Waals surface area contributed by atoms with Gasteiger partial charge in [0.2, 0.25) is 11.7 Å². The molecule has 52 heavy (non-hydrogen) atoms. The van der Waals surface area contributed by atoms with Crippen LogP contribution in [0.2, 0.25) is 10.0 Å². The van der Waals surface area contributed by atoms with Crippen LogP contribution in [0, 0.1) is 0 Å². The number of likely N-dealkylation sites (tertiary alicyclic amines) is 2. The molecule has 2 aliphatic heterocycles. The molecular weight excluding hydrogens is 699 g/mol. The number of hydrogen-bond donors (Lipinski definition) is 1. The highest BCUT2D eigenvalue weighted by Crippen LogP contribution is 2.43. The quantitative estimate of drug-likeness (QED) is 0.139. The second-order valence-electron chi connectivity index (χ2n) is 13.6. The van der Waals surface area contributed by atoms with E-state index in [4.69, 9.17) is 42.4 Å². The number of carbonyl (C=O) groups is 1. The normalized spacial score (nSPS) is 18.1. The zero-order valence-electron chi connectivity index (χ0n) is 29.8. The maximum Gasteiger partial charge on any atom is 0.254 e. The van der Waals surface area contributed by atoms with Crippen LogP contribution in [0.15, 0.2) is 79.0 Å². The first-order chi connectivity index (χ1) is 25.3. The Kier molecular flexibility index (Phi) is 10.8. The number of para-hydroxylation sites is 2. The molecule has 272 valence electrons. The van der Waals surface area contributed by atoms with Crippen LogP contribution in [0.25, 0.3) is 11.0 Å². The second-order valence-corrected chi connectivity index (χ2v) is 14.5. The molecule has 0 spiro atoms. The lowest BCUT2D eigenvalue weighted by Gasteiger charge is -2.40. The molecular formula is C40H44Cl2N6O4. The number of imidazole rings is 1. The van der Waals surface area contributed by atoms with Gasteiger partial charge in [-0.15, -0.1) is 0 Å². The molecule has 2 aliphatic rings. The van der Waals surface area contributed by atoms with Crippen LogP contribution in [-0.2, 0) is 12.0 Å². The Bertz CT molecular complexity index is 1960. The van der Waals surface area contributed by atoms with Crippen molar-refractivity contribution in [2.45, 2.75) is 43.7 Å². The van der Waals surface area contributed by atoms with E-state index in [0.29, 0.717) is 58.5 Å². The van der Waals surface area contributed by atoms with Crippen LogP contribution in [0.5, 0.6) is 17.2 Å². The first-order valence-corrected chi connectivity index (χ1v) is 18.4.